The molecule has 4 rings (SSSR count). The summed E-state index contributed by atoms with van der Waals surface area (Å²) in [7, 11) is 0. The number of hydrogen-bond donors (Lipinski definition) is 1. The molecule has 2 N–H and O–H groups in total. The topological polar surface area (TPSA) is 64.2 Å². The van der Waals surface area contributed by atoms with Gasteiger partial charge in [0.05, 0.1) is 22.6 Å². The molecular formula is C24H30N4O. The lowest BCUT2D eigenvalue weighted by atomic mass is 10.0. The van der Waals surface area contributed by atoms with E-state index in [4.69, 9.17) is 10.7 Å². The van der Waals surface area contributed by atoms with Crippen molar-refractivity contribution in [2.24, 2.45) is 5.73 Å². The molecule has 0 saturated carbocycles. The van der Waals surface area contributed by atoms with Crippen LogP contribution in [0.15, 0.2) is 53.3 Å². The Morgan fingerprint density at radius 1 is 1.03 bits per heavy atom. The van der Waals surface area contributed by atoms with Crippen molar-refractivity contribution < 1.29 is 0 Å². The molecule has 3 aromatic rings. The molecule has 0 amide bonds. The van der Waals surface area contributed by atoms with Gasteiger partial charge in [0.2, 0.25) is 0 Å². The number of hydrogen-bond acceptors (Lipinski definition) is 4. The minimum atomic E-state index is -0.338. The van der Waals surface area contributed by atoms with E-state index in [0.717, 1.165) is 41.5 Å². The van der Waals surface area contributed by atoms with Crippen molar-refractivity contribution in [2.75, 3.05) is 19.6 Å². The Morgan fingerprint density at radius 2 is 1.79 bits per heavy atom. The second-order valence-electron chi connectivity index (χ2n) is 8.05. The molecule has 1 saturated heterocycles. The third kappa shape index (κ3) is 4.26. The van der Waals surface area contributed by atoms with Gasteiger partial charge in [0.15, 0.2) is 0 Å². The molecule has 0 spiro atoms. The van der Waals surface area contributed by atoms with Crippen LogP contribution < -0.4 is 11.3 Å². The number of para-hydroxylation sites is 1. The third-order valence-corrected chi connectivity index (χ3v) is 5.80. The van der Waals surface area contributed by atoms with E-state index in [2.05, 4.69) is 11.0 Å². The predicted molar refractivity (Wildman–Crippen MR) is 119 cm³/mol. The van der Waals surface area contributed by atoms with Crippen molar-refractivity contribution in [3.8, 4) is 5.69 Å². The summed E-state index contributed by atoms with van der Waals surface area (Å²) < 4.78 is 1.68. The highest BCUT2D eigenvalue weighted by atomic mass is 16.1. The van der Waals surface area contributed by atoms with E-state index in [0.29, 0.717) is 5.82 Å². The number of piperidine rings is 1. The van der Waals surface area contributed by atoms with Crippen molar-refractivity contribution in [2.45, 2.75) is 45.1 Å². The minimum absolute atomic E-state index is 0.0259. The van der Waals surface area contributed by atoms with E-state index < -0.39 is 0 Å². The van der Waals surface area contributed by atoms with Gasteiger partial charge < -0.3 is 10.6 Å². The highest BCUT2D eigenvalue weighted by molar-refractivity contribution is 5.81. The van der Waals surface area contributed by atoms with E-state index in [1.54, 1.807) is 4.57 Å². The van der Waals surface area contributed by atoms with Crippen LogP contribution in [-0.2, 0) is 6.42 Å². The maximum Gasteiger partial charge on any atom is 0.266 e. The first-order valence-corrected chi connectivity index (χ1v) is 10.7. The van der Waals surface area contributed by atoms with Gasteiger partial charge in [-0.25, -0.2) is 4.98 Å². The standard InChI is InChI=1S/C24H30N4O/c1-18(25)23-26-21-14-8-10-19(11-9-17-27-15-6-3-7-16-27)22(21)24(29)28(23)20-12-4-2-5-13-20/h2,4-5,8,10,12-14,18H,3,6-7,9,11,15-17,25H2,1H3/t18-/m0/s1. The van der Waals surface area contributed by atoms with Crippen LogP contribution in [0.25, 0.3) is 16.6 Å². The first kappa shape index (κ1) is 19.8. The molecule has 0 unspecified atom stereocenters. The van der Waals surface area contributed by atoms with Crippen molar-refractivity contribution in [3.05, 3.63) is 70.3 Å². The normalized spacial score (nSPS) is 16.2. The van der Waals surface area contributed by atoms with Crippen molar-refractivity contribution in [3.63, 3.8) is 0 Å². The van der Waals surface area contributed by atoms with Gasteiger partial charge >= 0.3 is 0 Å². The van der Waals surface area contributed by atoms with Crippen LogP contribution in [-0.4, -0.2) is 34.1 Å². The van der Waals surface area contributed by atoms with E-state index in [1.807, 2.05) is 49.4 Å². The zero-order valence-corrected chi connectivity index (χ0v) is 17.2. The van der Waals surface area contributed by atoms with Gasteiger partial charge in [0, 0.05) is 0 Å². The Balaban J connectivity index is 1.72. The quantitative estimate of drug-likeness (QED) is 0.695. The van der Waals surface area contributed by atoms with E-state index in [-0.39, 0.29) is 11.6 Å². The zero-order chi connectivity index (χ0) is 20.2. The summed E-state index contributed by atoms with van der Waals surface area (Å²) in [5.41, 5.74) is 8.79. The summed E-state index contributed by atoms with van der Waals surface area (Å²) in [6, 6.07) is 15.3. The average Bonchev–Trinajstić information content (AvgIpc) is 2.75. The van der Waals surface area contributed by atoms with Crippen LogP contribution in [0.2, 0.25) is 0 Å². The van der Waals surface area contributed by atoms with Crippen LogP contribution in [0.4, 0.5) is 0 Å². The molecule has 2 aromatic carbocycles. The number of aromatic nitrogens is 2. The fraction of sp³-hybridized carbons (Fsp3) is 0.417. The molecule has 29 heavy (non-hydrogen) atoms. The van der Waals surface area contributed by atoms with Gasteiger partial charge in [-0.1, -0.05) is 36.8 Å². The fourth-order valence-electron chi connectivity index (χ4n) is 4.33. The molecule has 1 aromatic heterocycles. The molecule has 1 aliphatic rings. The third-order valence-electron chi connectivity index (χ3n) is 5.80. The first-order chi connectivity index (χ1) is 14.1. The lowest BCUT2D eigenvalue weighted by molar-refractivity contribution is 0.226. The summed E-state index contributed by atoms with van der Waals surface area (Å²) in [6.45, 7) is 5.37. The molecule has 1 aliphatic heterocycles. The molecule has 152 valence electrons. The molecule has 1 atom stereocenters. The first-order valence-electron chi connectivity index (χ1n) is 10.7. The maximum atomic E-state index is 13.6. The highest BCUT2D eigenvalue weighted by Crippen LogP contribution is 2.20. The summed E-state index contributed by atoms with van der Waals surface area (Å²) in [5.74, 6) is 0.596. The van der Waals surface area contributed by atoms with Gasteiger partial charge in [-0.2, -0.15) is 0 Å². The molecule has 5 nitrogen and oxygen atoms in total. The Kier molecular flexibility index (Phi) is 6.07. The molecule has 5 heteroatoms. The molecule has 2 heterocycles. The Bertz CT molecular complexity index is 1020. The second kappa shape index (κ2) is 8.89. The highest BCUT2D eigenvalue weighted by Gasteiger charge is 2.18. The van der Waals surface area contributed by atoms with Gasteiger partial charge in [0.1, 0.15) is 5.82 Å². The summed E-state index contributed by atoms with van der Waals surface area (Å²) in [4.78, 5) is 20.9. The van der Waals surface area contributed by atoms with Gasteiger partial charge in [-0.05, 0) is 76.0 Å². The summed E-state index contributed by atoms with van der Waals surface area (Å²) >= 11 is 0. The minimum Gasteiger partial charge on any atom is -0.322 e. The maximum absolute atomic E-state index is 13.6. The monoisotopic (exact) mass is 390 g/mol. The van der Waals surface area contributed by atoms with Crippen LogP contribution in [0.3, 0.4) is 0 Å². The van der Waals surface area contributed by atoms with Crippen LogP contribution >= 0.6 is 0 Å². The van der Waals surface area contributed by atoms with Crippen molar-refractivity contribution in [1.82, 2.24) is 14.5 Å². The van der Waals surface area contributed by atoms with Crippen molar-refractivity contribution in [1.29, 1.82) is 0 Å². The van der Waals surface area contributed by atoms with E-state index in [9.17, 15) is 4.79 Å². The number of benzene rings is 2. The average molecular weight is 391 g/mol. The fourth-order valence-corrected chi connectivity index (χ4v) is 4.33. The van der Waals surface area contributed by atoms with Crippen molar-refractivity contribution >= 4 is 10.9 Å². The zero-order valence-electron chi connectivity index (χ0n) is 17.2. The Labute approximate surface area is 172 Å². The Hall–Kier alpha value is -2.50. The number of fused-ring (bicyclic) bond motifs is 1. The molecular weight excluding hydrogens is 360 g/mol. The Morgan fingerprint density at radius 3 is 2.52 bits per heavy atom. The molecule has 1 fully saturated rings. The number of aryl methyl sites for hydroxylation is 1. The van der Waals surface area contributed by atoms with Crippen LogP contribution in [0, 0.1) is 0 Å². The number of rotatable bonds is 6. The van der Waals surface area contributed by atoms with Crippen LogP contribution in [0.1, 0.15) is 50.0 Å². The summed E-state index contributed by atoms with van der Waals surface area (Å²) in [5, 5.41) is 0.722. The van der Waals surface area contributed by atoms with E-state index >= 15 is 0 Å². The number of likely N-dealkylation sites (tertiary alicyclic amines) is 1. The molecule has 0 aliphatic carbocycles. The largest absolute Gasteiger partial charge is 0.322 e. The number of nitrogens with two attached hydrogens (primary N) is 1. The molecule has 0 radical (unpaired) electrons. The van der Waals surface area contributed by atoms with E-state index in [1.165, 1.54) is 32.4 Å². The second-order valence-corrected chi connectivity index (χ2v) is 8.05. The lowest BCUT2D eigenvalue weighted by Crippen LogP contribution is -2.31. The van der Waals surface area contributed by atoms with Gasteiger partial charge in [-0.15, -0.1) is 0 Å². The SMILES string of the molecule is C[C@H](N)c1nc2cccc(CCCN3CCCCC3)c2c(=O)n1-c1ccccc1. The molecule has 0 bridgehead atoms. The predicted octanol–water partition coefficient (Wildman–Crippen LogP) is 3.82. The van der Waals surface area contributed by atoms with Crippen LogP contribution in [0.5, 0.6) is 0 Å². The lowest BCUT2D eigenvalue weighted by Gasteiger charge is -2.26. The van der Waals surface area contributed by atoms with Gasteiger partial charge in [-0.3, -0.25) is 9.36 Å². The number of nitrogens with zero attached hydrogens (tertiary/aromatic N) is 3. The summed E-state index contributed by atoms with van der Waals surface area (Å²) in [6.07, 6.45) is 5.91. The smallest absolute Gasteiger partial charge is 0.266 e. The van der Waals surface area contributed by atoms with Gasteiger partial charge in [0.25, 0.3) is 5.56 Å².